The van der Waals surface area contributed by atoms with Gasteiger partial charge in [0.05, 0.1) is 0 Å². The van der Waals surface area contributed by atoms with Crippen LogP contribution in [-0.2, 0) is 10.0 Å². The molecule has 0 atom stereocenters. The first-order valence-corrected chi connectivity index (χ1v) is 11.4. The lowest BCUT2D eigenvalue weighted by Gasteiger charge is -2.29. The van der Waals surface area contributed by atoms with Crippen LogP contribution < -0.4 is 0 Å². The monoisotopic (exact) mass is 443 g/mol. The Hall–Kier alpha value is -2.75. The van der Waals surface area contributed by atoms with Crippen molar-refractivity contribution in [1.29, 1.82) is 0 Å². The van der Waals surface area contributed by atoms with Crippen LogP contribution in [0.1, 0.15) is 24.7 Å². The number of halogens is 1. The molecule has 0 unspecified atom stereocenters. The smallest absolute Gasteiger partial charge is 0.262 e. The Labute approximate surface area is 178 Å². The van der Waals surface area contributed by atoms with E-state index in [0.717, 1.165) is 5.56 Å². The second-order valence-electron chi connectivity index (χ2n) is 7.14. The fraction of sp³-hybridized carbons (Fsp3) is 0.250. The largest absolute Gasteiger partial charge is 0.339 e. The second kappa shape index (κ2) is 7.50. The number of hydrogen-bond acceptors (Lipinski definition) is 6. The van der Waals surface area contributed by atoms with E-state index in [9.17, 15) is 8.42 Å². The fourth-order valence-corrected chi connectivity index (χ4v) is 5.81. The number of nitrogens with zero attached hydrogens (tertiary/aromatic N) is 5. The van der Waals surface area contributed by atoms with Crippen LogP contribution in [0.3, 0.4) is 0 Å². The van der Waals surface area contributed by atoms with Gasteiger partial charge >= 0.3 is 0 Å². The highest BCUT2D eigenvalue weighted by Crippen LogP contribution is 2.33. The second-order valence-corrected chi connectivity index (χ2v) is 9.35. The Morgan fingerprint density at radius 3 is 2.50 bits per heavy atom. The Morgan fingerprint density at radius 2 is 1.73 bits per heavy atom. The van der Waals surface area contributed by atoms with Gasteiger partial charge in [0.2, 0.25) is 11.7 Å². The molecule has 30 heavy (non-hydrogen) atoms. The summed E-state index contributed by atoms with van der Waals surface area (Å²) in [5.41, 5.74) is 1.38. The van der Waals surface area contributed by atoms with Crippen molar-refractivity contribution >= 4 is 27.3 Å². The van der Waals surface area contributed by atoms with Crippen LogP contribution in [0.5, 0.6) is 0 Å². The summed E-state index contributed by atoms with van der Waals surface area (Å²) in [5.74, 6) is 1.09. The van der Waals surface area contributed by atoms with E-state index in [-0.39, 0.29) is 16.1 Å². The number of pyridine rings is 1. The average molecular weight is 444 g/mol. The van der Waals surface area contributed by atoms with E-state index in [4.69, 9.17) is 16.1 Å². The molecule has 4 heterocycles. The highest BCUT2D eigenvalue weighted by Gasteiger charge is 2.35. The summed E-state index contributed by atoms with van der Waals surface area (Å²) in [5, 5.41) is 4.05. The number of imidazole rings is 1. The van der Waals surface area contributed by atoms with Gasteiger partial charge in [-0.25, -0.2) is 13.4 Å². The molecule has 1 fully saturated rings. The Kier molecular flexibility index (Phi) is 4.80. The molecule has 4 aromatic rings. The minimum Gasteiger partial charge on any atom is -0.339 e. The van der Waals surface area contributed by atoms with E-state index in [0.29, 0.717) is 43.3 Å². The molecule has 8 nitrogen and oxygen atoms in total. The normalized spacial score (nSPS) is 16.3. The maximum atomic E-state index is 13.2. The lowest BCUT2D eigenvalue weighted by molar-refractivity contribution is 0.270. The summed E-state index contributed by atoms with van der Waals surface area (Å²) in [6, 6.07) is 14.9. The number of fused-ring (bicyclic) bond motifs is 1. The molecule has 0 amide bonds. The van der Waals surface area contributed by atoms with Crippen LogP contribution in [0.4, 0.5) is 0 Å². The van der Waals surface area contributed by atoms with Crippen molar-refractivity contribution in [2.75, 3.05) is 13.1 Å². The average Bonchev–Trinajstić information content (AvgIpc) is 3.39. The van der Waals surface area contributed by atoms with Gasteiger partial charge in [0, 0.05) is 30.8 Å². The highest BCUT2D eigenvalue weighted by molar-refractivity contribution is 7.89. The van der Waals surface area contributed by atoms with Gasteiger partial charge in [-0.1, -0.05) is 53.2 Å². The molecule has 5 rings (SSSR count). The molecule has 10 heteroatoms. The third kappa shape index (κ3) is 3.28. The molecule has 3 aromatic heterocycles. The molecule has 1 aliphatic rings. The minimum atomic E-state index is -3.78. The maximum Gasteiger partial charge on any atom is 0.262 e. The van der Waals surface area contributed by atoms with Crippen molar-refractivity contribution in [3.63, 3.8) is 0 Å². The number of piperidine rings is 1. The summed E-state index contributed by atoms with van der Waals surface area (Å²) in [4.78, 5) is 8.67. The maximum absolute atomic E-state index is 13.2. The predicted octanol–water partition coefficient (Wildman–Crippen LogP) is 3.61. The number of aromatic nitrogens is 4. The number of rotatable bonds is 4. The molecule has 0 N–H and O–H groups in total. The van der Waals surface area contributed by atoms with Gasteiger partial charge in [-0.05, 0) is 25.0 Å². The summed E-state index contributed by atoms with van der Waals surface area (Å²) in [7, 11) is -3.78. The van der Waals surface area contributed by atoms with Crippen molar-refractivity contribution in [1.82, 2.24) is 23.8 Å². The minimum absolute atomic E-state index is 0.00220. The molecule has 1 aromatic carbocycles. The third-order valence-corrected chi connectivity index (χ3v) is 7.61. The van der Waals surface area contributed by atoms with Crippen molar-refractivity contribution in [3.05, 3.63) is 65.8 Å². The molecule has 1 saturated heterocycles. The van der Waals surface area contributed by atoms with E-state index in [1.807, 2.05) is 30.3 Å². The molecular weight excluding hydrogens is 426 g/mol. The Balaban J connectivity index is 1.35. The first-order chi connectivity index (χ1) is 14.5. The van der Waals surface area contributed by atoms with Crippen molar-refractivity contribution in [3.8, 4) is 11.4 Å². The van der Waals surface area contributed by atoms with Crippen molar-refractivity contribution < 1.29 is 12.9 Å². The lowest BCUT2D eigenvalue weighted by atomic mass is 9.98. The van der Waals surface area contributed by atoms with Crippen molar-refractivity contribution in [2.45, 2.75) is 23.8 Å². The summed E-state index contributed by atoms with van der Waals surface area (Å²) in [6.07, 6.45) is 2.82. The highest BCUT2D eigenvalue weighted by atomic mass is 35.5. The topological polar surface area (TPSA) is 93.6 Å². The van der Waals surface area contributed by atoms with Crippen LogP contribution in [0, 0.1) is 0 Å². The fourth-order valence-electron chi connectivity index (χ4n) is 3.75. The van der Waals surface area contributed by atoms with E-state index >= 15 is 0 Å². The number of hydrogen-bond donors (Lipinski definition) is 0. The van der Waals surface area contributed by atoms with E-state index < -0.39 is 10.0 Å². The zero-order valence-electron chi connectivity index (χ0n) is 15.8. The molecule has 0 aliphatic carbocycles. The molecule has 1 aliphatic heterocycles. The van der Waals surface area contributed by atoms with Crippen LogP contribution in [0.15, 0.2) is 64.3 Å². The summed E-state index contributed by atoms with van der Waals surface area (Å²) >= 11 is 6.19. The lowest BCUT2D eigenvalue weighted by Crippen LogP contribution is -2.38. The van der Waals surface area contributed by atoms with Gasteiger partial charge in [0.1, 0.15) is 5.65 Å². The van der Waals surface area contributed by atoms with Crippen LogP contribution in [-0.4, -0.2) is 45.3 Å². The number of benzene rings is 1. The van der Waals surface area contributed by atoms with E-state index in [2.05, 4.69) is 15.1 Å². The Bertz CT molecular complexity index is 1290. The zero-order valence-corrected chi connectivity index (χ0v) is 17.4. The summed E-state index contributed by atoms with van der Waals surface area (Å²) < 4.78 is 34.9. The quantitative estimate of drug-likeness (QED) is 0.478. The molecule has 0 spiro atoms. The first-order valence-electron chi connectivity index (χ1n) is 9.56. The number of sulfonamides is 1. The molecule has 0 bridgehead atoms. The molecular formula is C20H18ClN5O3S. The SMILES string of the molecule is O=S(=O)(c1c(Cl)nc2ccccn12)N1CCC(c2nc(-c3ccccc3)no2)CC1. The van der Waals surface area contributed by atoms with E-state index in [1.54, 1.807) is 24.4 Å². The summed E-state index contributed by atoms with van der Waals surface area (Å²) in [6.45, 7) is 0.679. The van der Waals surface area contributed by atoms with E-state index in [1.165, 1.54) is 8.71 Å². The van der Waals surface area contributed by atoms with Gasteiger partial charge in [-0.3, -0.25) is 4.40 Å². The Morgan fingerprint density at radius 1 is 1.00 bits per heavy atom. The van der Waals surface area contributed by atoms with Gasteiger partial charge in [0.15, 0.2) is 10.2 Å². The van der Waals surface area contributed by atoms with Crippen LogP contribution in [0.25, 0.3) is 17.0 Å². The zero-order chi connectivity index (χ0) is 20.7. The molecule has 0 saturated carbocycles. The standard InChI is InChI=1S/C20H18ClN5O3S/c21-17-20(26-11-5-4-8-16(26)22-17)30(27,28)25-12-9-15(10-13-25)19-23-18(24-29-19)14-6-2-1-3-7-14/h1-8,11,15H,9-10,12-13H2. The van der Waals surface area contributed by atoms with Gasteiger partial charge < -0.3 is 4.52 Å². The first kappa shape index (κ1) is 19.2. The third-order valence-electron chi connectivity index (χ3n) is 5.31. The van der Waals surface area contributed by atoms with Gasteiger partial charge in [-0.15, -0.1) is 0 Å². The van der Waals surface area contributed by atoms with Gasteiger partial charge in [-0.2, -0.15) is 9.29 Å². The molecule has 0 radical (unpaired) electrons. The van der Waals surface area contributed by atoms with Crippen molar-refractivity contribution in [2.24, 2.45) is 0 Å². The van der Waals surface area contributed by atoms with Gasteiger partial charge in [0.25, 0.3) is 10.0 Å². The van der Waals surface area contributed by atoms with Crippen LogP contribution in [0.2, 0.25) is 5.15 Å². The molecule has 154 valence electrons. The van der Waals surface area contributed by atoms with Crippen LogP contribution >= 0.6 is 11.6 Å². The predicted molar refractivity (Wildman–Crippen MR) is 111 cm³/mol.